The lowest BCUT2D eigenvalue weighted by atomic mass is 10.0. The first kappa shape index (κ1) is 20.2. The first-order valence-corrected chi connectivity index (χ1v) is 8.52. The number of hydrogen-bond acceptors (Lipinski definition) is 4. The van der Waals surface area contributed by atoms with Gasteiger partial charge in [0.25, 0.3) is 5.91 Å². The van der Waals surface area contributed by atoms with Crippen LogP contribution in [0.4, 0.5) is 0 Å². The topological polar surface area (TPSA) is 67.4 Å². The quantitative estimate of drug-likeness (QED) is 0.538. The number of carbonyl (C=O) groups excluding carboxylic acids is 2. The van der Waals surface area contributed by atoms with E-state index in [1.165, 1.54) is 0 Å². The summed E-state index contributed by atoms with van der Waals surface area (Å²) in [5, 5.41) is 5.86. The van der Waals surface area contributed by atoms with Crippen LogP contribution in [0.25, 0.3) is 0 Å². The van der Waals surface area contributed by atoms with Crippen molar-refractivity contribution in [3.05, 3.63) is 29.8 Å². The molecule has 1 amide bonds. The van der Waals surface area contributed by atoms with Gasteiger partial charge in [-0.1, -0.05) is 31.5 Å². The number of Topliss-reactive ketones (excluding diaryl/α,β-unsaturated/α-hetero) is 1. The van der Waals surface area contributed by atoms with Crippen LogP contribution in [-0.2, 0) is 9.59 Å². The first-order valence-electron chi connectivity index (χ1n) is 8.52. The van der Waals surface area contributed by atoms with Gasteiger partial charge < -0.3 is 15.4 Å². The van der Waals surface area contributed by atoms with Crippen molar-refractivity contribution in [2.45, 2.75) is 59.0 Å². The summed E-state index contributed by atoms with van der Waals surface area (Å²) >= 11 is 0. The average Bonchev–Trinajstić information content (AvgIpc) is 2.50. The second-order valence-electron chi connectivity index (χ2n) is 6.97. The van der Waals surface area contributed by atoms with Crippen LogP contribution in [-0.4, -0.2) is 36.4 Å². The van der Waals surface area contributed by atoms with Crippen LogP contribution in [0.2, 0.25) is 0 Å². The van der Waals surface area contributed by atoms with E-state index in [-0.39, 0.29) is 5.54 Å². The highest BCUT2D eigenvalue weighted by atomic mass is 16.5. The maximum Gasteiger partial charge on any atom is 0.289 e. The lowest BCUT2D eigenvalue weighted by Crippen LogP contribution is -2.52. The van der Waals surface area contributed by atoms with Crippen LogP contribution in [0.1, 0.15) is 46.1 Å². The third kappa shape index (κ3) is 7.13. The molecule has 2 N–H and O–H groups in total. The number of ether oxygens (including phenoxy) is 1. The lowest BCUT2D eigenvalue weighted by molar-refractivity contribution is -0.139. The molecule has 24 heavy (non-hydrogen) atoms. The monoisotopic (exact) mass is 334 g/mol. The Kier molecular flexibility index (Phi) is 7.92. The van der Waals surface area contributed by atoms with Gasteiger partial charge in [-0.2, -0.15) is 0 Å². The molecule has 0 saturated carbocycles. The number of para-hydroxylation sites is 1. The van der Waals surface area contributed by atoms with Gasteiger partial charge in [0, 0.05) is 5.54 Å². The summed E-state index contributed by atoms with van der Waals surface area (Å²) in [6.07, 6.45) is 1.48. The Labute approximate surface area is 145 Å². The molecule has 0 aliphatic heterocycles. The predicted molar refractivity (Wildman–Crippen MR) is 96.3 cm³/mol. The maximum absolute atomic E-state index is 12.3. The van der Waals surface area contributed by atoms with Crippen LogP contribution >= 0.6 is 0 Å². The van der Waals surface area contributed by atoms with Gasteiger partial charge in [0.1, 0.15) is 12.4 Å². The summed E-state index contributed by atoms with van der Waals surface area (Å²) in [5.74, 6) is -0.183. The summed E-state index contributed by atoms with van der Waals surface area (Å²) in [6.45, 7) is 10.5. The minimum absolute atomic E-state index is 0.219. The van der Waals surface area contributed by atoms with Crippen LogP contribution < -0.4 is 15.4 Å². The third-order valence-electron chi connectivity index (χ3n) is 3.46. The molecule has 0 heterocycles. The fraction of sp³-hybridized carbons (Fsp3) is 0.579. The number of amides is 1. The Bertz CT molecular complexity index is 550. The van der Waals surface area contributed by atoms with Gasteiger partial charge in [0.2, 0.25) is 5.78 Å². The number of aryl methyl sites for hydroxylation is 1. The van der Waals surface area contributed by atoms with Crippen molar-refractivity contribution < 1.29 is 14.3 Å². The van der Waals surface area contributed by atoms with Gasteiger partial charge in [-0.3, -0.25) is 9.59 Å². The van der Waals surface area contributed by atoms with Crippen LogP contribution in [0.15, 0.2) is 24.3 Å². The van der Waals surface area contributed by atoms with Crippen molar-refractivity contribution in [2.75, 3.05) is 13.2 Å². The molecule has 1 rings (SSSR count). The van der Waals surface area contributed by atoms with E-state index in [1.807, 2.05) is 58.9 Å². The maximum atomic E-state index is 12.3. The molecule has 1 aromatic carbocycles. The Morgan fingerprint density at radius 3 is 2.46 bits per heavy atom. The molecule has 0 bridgehead atoms. The Hall–Kier alpha value is -1.88. The second-order valence-corrected chi connectivity index (χ2v) is 6.97. The molecule has 5 heteroatoms. The Balaban J connectivity index is 2.45. The van der Waals surface area contributed by atoms with Gasteiger partial charge in [0.05, 0.1) is 12.6 Å². The van der Waals surface area contributed by atoms with Crippen molar-refractivity contribution in [3.8, 4) is 5.75 Å². The minimum atomic E-state index is -0.557. The summed E-state index contributed by atoms with van der Waals surface area (Å²) in [7, 11) is 0. The highest BCUT2D eigenvalue weighted by Gasteiger charge is 2.27. The molecular weight excluding hydrogens is 304 g/mol. The second kappa shape index (κ2) is 9.42. The number of nitrogens with one attached hydrogen (secondary N) is 2. The number of ketones is 1. The predicted octanol–water partition coefficient (Wildman–Crippen LogP) is 2.62. The van der Waals surface area contributed by atoms with Crippen LogP contribution in [0.5, 0.6) is 5.75 Å². The summed E-state index contributed by atoms with van der Waals surface area (Å²) < 4.78 is 5.61. The molecule has 5 nitrogen and oxygen atoms in total. The van der Waals surface area contributed by atoms with Crippen molar-refractivity contribution in [3.63, 3.8) is 0 Å². The van der Waals surface area contributed by atoms with Gasteiger partial charge in [0.15, 0.2) is 0 Å². The molecule has 134 valence electrons. The van der Waals surface area contributed by atoms with E-state index in [2.05, 4.69) is 10.6 Å². The molecule has 0 aliphatic carbocycles. The summed E-state index contributed by atoms with van der Waals surface area (Å²) in [6, 6.07) is 7.24. The van der Waals surface area contributed by atoms with E-state index in [4.69, 9.17) is 4.74 Å². The summed E-state index contributed by atoms with van der Waals surface area (Å²) in [5.41, 5.74) is 0.821. The van der Waals surface area contributed by atoms with E-state index < -0.39 is 17.7 Å². The lowest BCUT2D eigenvalue weighted by Gasteiger charge is -2.27. The molecule has 0 saturated heterocycles. The molecule has 0 spiro atoms. The van der Waals surface area contributed by atoms with Gasteiger partial charge in [-0.15, -0.1) is 0 Å². The Morgan fingerprint density at radius 1 is 1.21 bits per heavy atom. The minimum Gasteiger partial charge on any atom is -0.491 e. The zero-order valence-corrected chi connectivity index (χ0v) is 15.4. The highest BCUT2D eigenvalue weighted by molar-refractivity contribution is 6.38. The number of rotatable bonds is 9. The van der Waals surface area contributed by atoms with Gasteiger partial charge in [-0.25, -0.2) is 0 Å². The van der Waals surface area contributed by atoms with Gasteiger partial charge >= 0.3 is 0 Å². The SMILES string of the molecule is CCCC(NC(C)(C)C)C(=O)C(=O)NCCOc1ccccc1C. The van der Waals surface area contributed by atoms with Crippen molar-refractivity contribution in [2.24, 2.45) is 0 Å². The normalized spacial score (nSPS) is 12.5. The Morgan fingerprint density at radius 2 is 1.88 bits per heavy atom. The molecule has 1 aromatic rings. The van der Waals surface area contributed by atoms with E-state index in [0.717, 1.165) is 17.7 Å². The summed E-state index contributed by atoms with van der Waals surface area (Å²) in [4.78, 5) is 24.4. The van der Waals surface area contributed by atoms with E-state index in [1.54, 1.807) is 0 Å². The van der Waals surface area contributed by atoms with Crippen LogP contribution in [0, 0.1) is 6.92 Å². The van der Waals surface area contributed by atoms with Gasteiger partial charge in [-0.05, 0) is 45.7 Å². The highest BCUT2D eigenvalue weighted by Crippen LogP contribution is 2.15. The zero-order valence-electron chi connectivity index (χ0n) is 15.4. The smallest absolute Gasteiger partial charge is 0.289 e. The van der Waals surface area contributed by atoms with Crippen LogP contribution in [0.3, 0.4) is 0 Å². The standard InChI is InChI=1S/C19H30N2O3/c1-6-9-15(21-19(3,4)5)17(22)18(23)20-12-13-24-16-11-8-7-10-14(16)2/h7-8,10-11,15,21H,6,9,12-13H2,1-5H3,(H,20,23). The molecule has 1 unspecified atom stereocenters. The number of benzene rings is 1. The van der Waals surface area contributed by atoms with E-state index in [9.17, 15) is 9.59 Å². The first-order chi connectivity index (χ1) is 11.2. The fourth-order valence-electron chi connectivity index (χ4n) is 2.37. The molecule has 1 atom stereocenters. The molecule has 0 fully saturated rings. The molecule has 0 radical (unpaired) electrons. The molecule has 0 aliphatic rings. The third-order valence-corrected chi connectivity index (χ3v) is 3.46. The van der Waals surface area contributed by atoms with E-state index in [0.29, 0.717) is 19.6 Å². The number of carbonyl (C=O) groups is 2. The van der Waals surface area contributed by atoms with Crippen molar-refractivity contribution in [1.82, 2.24) is 10.6 Å². The zero-order chi connectivity index (χ0) is 18.2. The fourth-order valence-corrected chi connectivity index (χ4v) is 2.37. The molecule has 0 aromatic heterocycles. The average molecular weight is 334 g/mol. The largest absolute Gasteiger partial charge is 0.491 e. The van der Waals surface area contributed by atoms with Crippen molar-refractivity contribution in [1.29, 1.82) is 0 Å². The molecular formula is C19H30N2O3. The van der Waals surface area contributed by atoms with E-state index >= 15 is 0 Å². The number of hydrogen-bond donors (Lipinski definition) is 2. The van der Waals surface area contributed by atoms with Crippen molar-refractivity contribution >= 4 is 11.7 Å².